The van der Waals surface area contributed by atoms with Crippen molar-refractivity contribution >= 4 is 23.2 Å². The van der Waals surface area contributed by atoms with Crippen LogP contribution in [0.2, 0.25) is 0 Å². The third kappa shape index (κ3) is 5.91. The lowest BCUT2D eigenvalue weighted by molar-refractivity contribution is 0.101. The summed E-state index contributed by atoms with van der Waals surface area (Å²) < 4.78 is 18.7. The molecule has 5 nitrogen and oxygen atoms in total. The number of hydrogen-bond donors (Lipinski definition) is 2. The number of halogens is 1. The average molecular weight is 406 g/mol. The van der Waals surface area contributed by atoms with Crippen LogP contribution in [0.1, 0.15) is 34.6 Å². The normalized spacial score (nSPS) is 10.5. The molecule has 2 amide bonds. The molecular weight excluding hydrogens is 383 g/mol. The van der Waals surface area contributed by atoms with Crippen LogP contribution in [0.5, 0.6) is 5.75 Å². The van der Waals surface area contributed by atoms with Crippen LogP contribution in [0.15, 0.2) is 72.8 Å². The Morgan fingerprint density at radius 2 is 1.43 bits per heavy atom. The van der Waals surface area contributed by atoms with Gasteiger partial charge in [-0.1, -0.05) is 26.0 Å². The van der Waals surface area contributed by atoms with Gasteiger partial charge < -0.3 is 15.4 Å². The van der Waals surface area contributed by atoms with Crippen LogP contribution in [0.25, 0.3) is 0 Å². The second-order valence-corrected chi connectivity index (χ2v) is 7.23. The van der Waals surface area contributed by atoms with Crippen molar-refractivity contribution in [3.63, 3.8) is 0 Å². The number of anilines is 2. The largest absolute Gasteiger partial charge is 0.493 e. The van der Waals surface area contributed by atoms with Crippen molar-refractivity contribution in [2.75, 3.05) is 17.2 Å². The van der Waals surface area contributed by atoms with E-state index < -0.39 is 0 Å². The van der Waals surface area contributed by atoms with Gasteiger partial charge >= 0.3 is 0 Å². The average Bonchev–Trinajstić information content (AvgIpc) is 2.74. The summed E-state index contributed by atoms with van der Waals surface area (Å²) in [6.07, 6.45) is 0. The van der Waals surface area contributed by atoms with E-state index in [1.807, 2.05) is 0 Å². The molecule has 0 aromatic heterocycles. The topological polar surface area (TPSA) is 67.4 Å². The van der Waals surface area contributed by atoms with E-state index in [1.54, 1.807) is 48.5 Å². The number of carbonyl (C=O) groups excluding carboxylic acids is 2. The third-order valence-electron chi connectivity index (χ3n) is 4.16. The molecule has 0 atom stereocenters. The molecule has 0 fully saturated rings. The maximum atomic E-state index is 13.0. The number of nitrogens with one attached hydrogen (secondary N) is 2. The second kappa shape index (κ2) is 9.69. The van der Waals surface area contributed by atoms with E-state index in [4.69, 9.17) is 4.74 Å². The Labute approximate surface area is 174 Å². The second-order valence-electron chi connectivity index (χ2n) is 7.23. The molecule has 0 aliphatic heterocycles. The van der Waals surface area contributed by atoms with E-state index in [0.717, 1.165) is 0 Å². The van der Waals surface area contributed by atoms with Crippen LogP contribution in [-0.4, -0.2) is 18.4 Å². The van der Waals surface area contributed by atoms with Crippen LogP contribution < -0.4 is 15.4 Å². The lowest BCUT2D eigenvalue weighted by Gasteiger charge is -2.11. The molecule has 0 saturated heterocycles. The van der Waals surface area contributed by atoms with Crippen LogP contribution in [0.4, 0.5) is 15.8 Å². The van der Waals surface area contributed by atoms with Crippen molar-refractivity contribution in [1.29, 1.82) is 0 Å². The zero-order valence-corrected chi connectivity index (χ0v) is 16.8. The number of benzene rings is 3. The molecule has 0 spiro atoms. The Bertz CT molecular complexity index is 1030. The predicted octanol–water partition coefficient (Wildman–Crippen LogP) is 5.37. The Hall–Kier alpha value is -3.67. The van der Waals surface area contributed by atoms with E-state index in [2.05, 4.69) is 24.5 Å². The van der Waals surface area contributed by atoms with Gasteiger partial charge in [0.05, 0.1) is 6.61 Å². The zero-order chi connectivity index (χ0) is 21.5. The number of carbonyl (C=O) groups is 2. The van der Waals surface area contributed by atoms with Crippen LogP contribution in [0.3, 0.4) is 0 Å². The summed E-state index contributed by atoms with van der Waals surface area (Å²) in [5.74, 6) is -0.0330. The molecule has 0 radical (unpaired) electrons. The fraction of sp³-hybridized carbons (Fsp3) is 0.167. The monoisotopic (exact) mass is 406 g/mol. The van der Waals surface area contributed by atoms with Gasteiger partial charge in [-0.25, -0.2) is 4.39 Å². The third-order valence-corrected chi connectivity index (χ3v) is 4.16. The lowest BCUT2D eigenvalue weighted by Crippen LogP contribution is -2.15. The molecular formula is C24H23FN2O3. The molecule has 0 aliphatic rings. The molecule has 30 heavy (non-hydrogen) atoms. The molecule has 0 aliphatic carbocycles. The van der Waals surface area contributed by atoms with Crippen molar-refractivity contribution in [1.82, 2.24) is 0 Å². The van der Waals surface area contributed by atoms with E-state index in [1.165, 1.54) is 24.3 Å². The van der Waals surface area contributed by atoms with Crippen molar-refractivity contribution in [3.05, 3.63) is 89.7 Å². The first kappa shape index (κ1) is 21.0. The molecule has 6 heteroatoms. The first-order valence-corrected chi connectivity index (χ1v) is 9.62. The minimum Gasteiger partial charge on any atom is -0.493 e. The van der Waals surface area contributed by atoms with Crippen molar-refractivity contribution in [2.24, 2.45) is 5.92 Å². The van der Waals surface area contributed by atoms with Gasteiger partial charge in [-0.05, 0) is 66.6 Å². The van der Waals surface area contributed by atoms with Crippen molar-refractivity contribution in [3.8, 4) is 5.75 Å². The molecule has 3 aromatic carbocycles. The zero-order valence-electron chi connectivity index (χ0n) is 16.8. The molecule has 0 saturated carbocycles. The van der Waals surface area contributed by atoms with Gasteiger partial charge in [-0.2, -0.15) is 0 Å². The van der Waals surface area contributed by atoms with Crippen LogP contribution >= 0.6 is 0 Å². The van der Waals surface area contributed by atoms with E-state index in [9.17, 15) is 14.0 Å². The summed E-state index contributed by atoms with van der Waals surface area (Å²) in [6, 6.07) is 19.0. The van der Waals surface area contributed by atoms with Crippen LogP contribution in [0, 0.1) is 11.7 Å². The summed E-state index contributed by atoms with van der Waals surface area (Å²) in [5, 5.41) is 5.49. The first-order chi connectivity index (χ1) is 14.4. The van der Waals surface area contributed by atoms with Gasteiger partial charge in [0.1, 0.15) is 11.6 Å². The highest BCUT2D eigenvalue weighted by atomic mass is 19.1. The van der Waals surface area contributed by atoms with Crippen LogP contribution in [-0.2, 0) is 0 Å². The highest BCUT2D eigenvalue weighted by Gasteiger charge is 2.11. The first-order valence-electron chi connectivity index (χ1n) is 9.62. The Balaban J connectivity index is 1.67. The predicted molar refractivity (Wildman–Crippen MR) is 116 cm³/mol. The minimum absolute atomic E-state index is 0.305. The van der Waals surface area contributed by atoms with Gasteiger partial charge in [0, 0.05) is 22.5 Å². The number of amides is 2. The number of ether oxygens (including phenoxy) is 1. The van der Waals surface area contributed by atoms with E-state index in [0.29, 0.717) is 40.8 Å². The molecule has 154 valence electrons. The van der Waals surface area contributed by atoms with Crippen molar-refractivity contribution in [2.45, 2.75) is 13.8 Å². The van der Waals surface area contributed by atoms with Gasteiger partial charge in [0.15, 0.2) is 0 Å². The molecule has 0 unspecified atom stereocenters. The Morgan fingerprint density at radius 1 is 0.833 bits per heavy atom. The van der Waals surface area contributed by atoms with E-state index in [-0.39, 0.29) is 17.6 Å². The maximum absolute atomic E-state index is 13.0. The van der Waals surface area contributed by atoms with Gasteiger partial charge in [0.25, 0.3) is 11.8 Å². The number of rotatable bonds is 7. The molecule has 2 N–H and O–H groups in total. The summed E-state index contributed by atoms with van der Waals surface area (Å²) in [4.78, 5) is 25.1. The molecule has 3 aromatic rings. The summed E-state index contributed by atoms with van der Waals surface area (Å²) >= 11 is 0. The smallest absolute Gasteiger partial charge is 0.255 e. The minimum atomic E-state index is -0.378. The Morgan fingerprint density at radius 3 is 2.10 bits per heavy atom. The SMILES string of the molecule is CC(C)COc1cccc(C(=O)Nc2cccc(C(=O)Nc3ccc(F)cc3)c2)c1. The maximum Gasteiger partial charge on any atom is 0.255 e. The Kier molecular flexibility index (Phi) is 6.80. The fourth-order valence-corrected chi connectivity index (χ4v) is 2.67. The highest BCUT2D eigenvalue weighted by molar-refractivity contribution is 6.07. The lowest BCUT2D eigenvalue weighted by atomic mass is 10.1. The van der Waals surface area contributed by atoms with Gasteiger partial charge in [-0.15, -0.1) is 0 Å². The van der Waals surface area contributed by atoms with Gasteiger partial charge in [0.2, 0.25) is 0 Å². The number of hydrogen-bond acceptors (Lipinski definition) is 3. The highest BCUT2D eigenvalue weighted by Crippen LogP contribution is 2.18. The quantitative estimate of drug-likeness (QED) is 0.555. The summed E-state index contributed by atoms with van der Waals surface area (Å²) in [5.41, 5.74) is 1.79. The summed E-state index contributed by atoms with van der Waals surface area (Å²) in [6.45, 7) is 4.67. The fourth-order valence-electron chi connectivity index (χ4n) is 2.67. The molecule has 0 heterocycles. The summed E-state index contributed by atoms with van der Waals surface area (Å²) in [7, 11) is 0. The molecule has 0 bridgehead atoms. The van der Waals surface area contributed by atoms with Gasteiger partial charge in [-0.3, -0.25) is 9.59 Å². The van der Waals surface area contributed by atoms with Crippen molar-refractivity contribution < 1.29 is 18.7 Å². The standard InChI is InChI=1S/C24H23FN2O3/c1-16(2)15-30-22-8-4-6-18(14-22)24(29)27-21-7-3-5-17(13-21)23(28)26-20-11-9-19(25)10-12-20/h3-14,16H,15H2,1-2H3,(H,26,28)(H,27,29). The molecule has 3 rings (SSSR count). The van der Waals surface area contributed by atoms with E-state index >= 15 is 0 Å².